The van der Waals surface area contributed by atoms with Gasteiger partial charge in [-0.1, -0.05) is 30.3 Å². The lowest BCUT2D eigenvalue weighted by atomic mass is 9.82. The van der Waals surface area contributed by atoms with Crippen LogP contribution in [0.5, 0.6) is 0 Å². The van der Waals surface area contributed by atoms with E-state index in [1.54, 1.807) is 6.20 Å². The van der Waals surface area contributed by atoms with E-state index in [0.29, 0.717) is 24.5 Å². The molecule has 1 aliphatic heterocycles. The summed E-state index contributed by atoms with van der Waals surface area (Å²) in [6.45, 7) is 4.38. The first-order valence-corrected chi connectivity index (χ1v) is 9.27. The molecule has 1 fully saturated rings. The number of aromatic nitrogens is 2. The fourth-order valence-electron chi connectivity index (χ4n) is 3.86. The molecule has 0 spiro atoms. The molecule has 0 bridgehead atoms. The van der Waals surface area contributed by atoms with Crippen LogP contribution in [-0.2, 0) is 6.42 Å². The zero-order valence-corrected chi connectivity index (χ0v) is 14.8. The monoisotopic (exact) mass is 352 g/mol. The van der Waals surface area contributed by atoms with Crippen LogP contribution in [0.1, 0.15) is 34.0 Å². The van der Waals surface area contributed by atoms with Crippen molar-refractivity contribution >= 4 is 11.7 Å². The second kappa shape index (κ2) is 7.51. The molecule has 0 radical (unpaired) electrons. The number of carbonyl (C=O) groups excluding carboxylic acids is 1. The molecule has 2 aromatic rings. The summed E-state index contributed by atoms with van der Waals surface area (Å²) in [4.78, 5) is 26.2. The van der Waals surface area contributed by atoms with Crippen molar-refractivity contribution in [1.29, 1.82) is 0 Å². The number of nitrogens with zero attached hydrogens (tertiary/aromatic N) is 4. The second-order valence-electron chi connectivity index (χ2n) is 7.02. The summed E-state index contributed by atoms with van der Waals surface area (Å²) in [5.41, 5.74) is 2.75. The van der Waals surface area contributed by atoms with Gasteiger partial charge in [0.05, 0.1) is 17.9 Å². The van der Waals surface area contributed by atoms with Gasteiger partial charge in [-0.25, -0.2) is 9.97 Å². The molecule has 1 saturated heterocycles. The van der Waals surface area contributed by atoms with E-state index in [2.05, 4.69) is 26.9 Å². The molecule has 0 unspecified atom stereocenters. The lowest BCUT2D eigenvalue weighted by Gasteiger charge is -2.34. The highest BCUT2D eigenvalue weighted by Crippen LogP contribution is 2.32. The molecule has 6 nitrogen and oxygen atoms in total. The zero-order chi connectivity index (χ0) is 17.9. The third-order valence-electron chi connectivity index (χ3n) is 5.37. The normalized spacial score (nSPS) is 20.9. The number of benzene rings is 1. The third-order valence-corrected chi connectivity index (χ3v) is 5.37. The van der Waals surface area contributed by atoms with Crippen molar-refractivity contribution in [3.63, 3.8) is 0 Å². The van der Waals surface area contributed by atoms with Gasteiger partial charge in [-0.05, 0) is 17.9 Å². The minimum atomic E-state index is 0.138. The number of anilines is 1. The maximum absolute atomic E-state index is 12.5. The highest BCUT2D eigenvalue weighted by Gasteiger charge is 2.29. The van der Waals surface area contributed by atoms with Crippen molar-refractivity contribution in [1.82, 2.24) is 14.9 Å². The number of aliphatic hydroxyl groups excluding tert-OH is 1. The first kappa shape index (κ1) is 17.1. The van der Waals surface area contributed by atoms with Crippen LogP contribution in [0.15, 0.2) is 36.5 Å². The van der Waals surface area contributed by atoms with Gasteiger partial charge in [-0.15, -0.1) is 0 Å². The van der Waals surface area contributed by atoms with E-state index in [1.165, 1.54) is 5.56 Å². The SMILES string of the molecule is O=C1C[C@H](c2ccccc2)Cc2nc(N3CCN(CCO)CC3)ncc21. The average Bonchev–Trinajstić information content (AvgIpc) is 2.69. The van der Waals surface area contributed by atoms with Crippen molar-refractivity contribution in [2.24, 2.45) is 0 Å². The molecule has 136 valence electrons. The highest BCUT2D eigenvalue weighted by atomic mass is 16.3. The number of hydrogen-bond donors (Lipinski definition) is 1. The number of fused-ring (bicyclic) bond motifs is 1. The molecule has 1 atom stereocenters. The van der Waals surface area contributed by atoms with Gasteiger partial charge in [0.25, 0.3) is 0 Å². The Morgan fingerprint density at radius 1 is 1.08 bits per heavy atom. The number of rotatable bonds is 4. The van der Waals surface area contributed by atoms with Crippen LogP contribution in [0.2, 0.25) is 0 Å². The Hall–Kier alpha value is -2.31. The summed E-state index contributed by atoms with van der Waals surface area (Å²) in [6.07, 6.45) is 3.02. The summed E-state index contributed by atoms with van der Waals surface area (Å²) in [7, 11) is 0. The van der Waals surface area contributed by atoms with Gasteiger partial charge in [-0.2, -0.15) is 0 Å². The molecular formula is C20H24N4O2. The molecule has 2 heterocycles. The molecule has 0 saturated carbocycles. The van der Waals surface area contributed by atoms with Gasteiger partial charge in [0.1, 0.15) is 0 Å². The van der Waals surface area contributed by atoms with Crippen LogP contribution in [0.25, 0.3) is 0 Å². The van der Waals surface area contributed by atoms with E-state index in [9.17, 15) is 4.79 Å². The van der Waals surface area contributed by atoms with E-state index in [1.807, 2.05) is 18.2 Å². The molecule has 6 heteroatoms. The van der Waals surface area contributed by atoms with E-state index < -0.39 is 0 Å². The number of aliphatic hydroxyl groups is 1. The van der Waals surface area contributed by atoms with Crippen molar-refractivity contribution in [2.45, 2.75) is 18.8 Å². The molecule has 2 aliphatic rings. The van der Waals surface area contributed by atoms with Crippen molar-refractivity contribution < 1.29 is 9.90 Å². The molecule has 1 aromatic heterocycles. The van der Waals surface area contributed by atoms with E-state index in [4.69, 9.17) is 10.1 Å². The summed E-state index contributed by atoms with van der Waals surface area (Å²) in [5, 5.41) is 9.07. The minimum Gasteiger partial charge on any atom is -0.395 e. The molecule has 26 heavy (non-hydrogen) atoms. The first-order chi connectivity index (χ1) is 12.7. The van der Waals surface area contributed by atoms with Crippen LogP contribution in [0, 0.1) is 0 Å². The molecule has 0 amide bonds. The van der Waals surface area contributed by atoms with Crippen LogP contribution in [0.4, 0.5) is 5.95 Å². The Morgan fingerprint density at radius 2 is 1.85 bits per heavy atom. The number of ketones is 1. The summed E-state index contributed by atoms with van der Waals surface area (Å²) >= 11 is 0. The van der Waals surface area contributed by atoms with Crippen molar-refractivity contribution in [3.8, 4) is 0 Å². The Kier molecular flexibility index (Phi) is 4.95. The van der Waals surface area contributed by atoms with Crippen LogP contribution < -0.4 is 4.90 Å². The summed E-state index contributed by atoms with van der Waals surface area (Å²) < 4.78 is 0. The van der Waals surface area contributed by atoms with Gasteiger partial charge in [0, 0.05) is 45.3 Å². The summed E-state index contributed by atoms with van der Waals surface area (Å²) in [6, 6.07) is 10.2. The number of Topliss-reactive ketones (excluding diaryl/α,β-unsaturated/α-hetero) is 1. The lowest BCUT2D eigenvalue weighted by Crippen LogP contribution is -2.47. The Morgan fingerprint density at radius 3 is 2.58 bits per heavy atom. The topological polar surface area (TPSA) is 69.6 Å². The molecular weight excluding hydrogens is 328 g/mol. The molecule has 4 rings (SSSR count). The van der Waals surface area contributed by atoms with Crippen LogP contribution in [0.3, 0.4) is 0 Å². The maximum atomic E-state index is 12.5. The Bertz CT molecular complexity index is 773. The van der Waals surface area contributed by atoms with Gasteiger partial charge >= 0.3 is 0 Å². The summed E-state index contributed by atoms with van der Waals surface area (Å²) in [5.74, 6) is 1.05. The van der Waals surface area contributed by atoms with Gasteiger partial charge in [-0.3, -0.25) is 9.69 Å². The number of hydrogen-bond acceptors (Lipinski definition) is 6. The van der Waals surface area contributed by atoms with E-state index in [-0.39, 0.29) is 18.3 Å². The van der Waals surface area contributed by atoms with Crippen LogP contribution in [-0.4, -0.2) is 65.1 Å². The Balaban J connectivity index is 1.52. The zero-order valence-electron chi connectivity index (χ0n) is 14.8. The van der Waals surface area contributed by atoms with Crippen LogP contribution >= 0.6 is 0 Å². The predicted molar refractivity (Wildman–Crippen MR) is 99.6 cm³/mol. The fourth-order valence-corrected chi connectivity index (χ4v) is 3.86. The van der Waals surface area contributed by atoms with Crippen molar-refractivity contribution in [2.75, 3.05) is 44.2 Å². The Labute approximate surface area is 153 Å². The average molecular weight is 352 g/mol. The maximum Gasteiger partial charge on any atom is 0.225 e. The molecule has 1 N–H and O–H groups in total. The number of β-amino-alcohol motifs (C(OH)–C–C–N with tert-alkyl or cyclic N) is 1. The smallest absolute Gasteiger partial charge is 0.225 e. The van der Waals surface area contributed by atoms with E-state index >= 15 is 0 Å². The number of piperazine rings is 1. The third kappa shape index (κ3) is 3.48. The van der Waals surface area contributed by atoms with Gasteiger partial charge < -0.3 is 10.0 Å². The van der Waals surface area contributed by atoms with Gasteiger partial charge in [0.15, 0.2) is 5.78 Å². The first-order valence-electron chi connectivity index (χ1n) is 9.27. The highest BCUT2D eigenvalue weighted by molar-refractivity contribution is 5.98. The number of carbonyl (C=O) groups is 1. The standard InChI is InChI=1S/C20H24N4O2/c25-11-10-23-6-8-24(9-7-23)20-21-14-17-18(22-20)12-16(13-19(17)26)15-4-2-1-3-5-15/h1-5,14,16,25H,6-13H2/t16-/m1/s1. The van der Waals surface area contributed by atoms with E-state index in [0.717, 1.165) is 38.3 Å². The van der Waals surface area contributed by atoms with Crippen molar-refractivity contribution in [3.05, 3.63) is 53.3 Å². The predicted octanol–water partition coefficient (Wildman–Crippen LogP) is 1.50. The minimum absolute atomic E-state index is 0.138. The lowest BCUT2D eigenvalue weighted by molar-refractivity contribution is 0.0962. The second-order valence-corrected chi connectivity index (χ2v) is 7.02. The fraction of sp³-hybridized carbons (Fsp3) is 0.450. The van der Waals surface area contributed by atoms with Gasteiger partial charge in [0.2, 0.25) is 5.95 Å². The quantitative estimate of drug-likeness (QED) is 0.899. The molecule has 1 aromatic carbocycles. The molecule has 1 aliphatic carbocycles. The largest absolute Gasteiger partial charge is 0.395 e.